The van der Waals surface area contributed by atoms with Crippen LogP contribution < -0.4 is 4.90 Å². The van der Waals surface area contributed by atoms with E-state index in [1.807, 2.05) is 6.92 Å². The van der Waals surface area contributed by atoms with E-state index >= 15 is 0 Å². The molecule has 2 amide bonds. The number of imide groups is 1. The molecule has 4 nitrogen and oxygen atoms in total. The lowest BCUT2D eigenvalue weighted by Gasteiger charge is -2.43. The van der Waals surface area contributed by atoms with Crippen LogP contribution in [0.15, 0.2) is 23.1 Å². The molecule has 1 aromatic carbocycles. The molecule has 2 aliphatic heterocycles. The summed E-state index contributed by atoms with van der Waals surface area (Å²) < 4.78 is 14.8. The van der Waals surface area contributed by atoms with Crippen molar-refractivity contribution < 1.29 is 14.0 Å². The first-order valence-electron chi connectivity index (χ1n) is 8.68. The number of carbonyl (C=O) groups excluding carboxylic acids is 2. The van der Waals surface area contributed by atoms with Gasteiger partial charge in [0.05, 0.1) is 10.4 Å². The summed E-state index contributed by atoms with van der Waals surface area (Å²) in [5, 5.41) is -0.341. The van der Waals surface area contributed by atoms with Crippen molar-refractivity contribution in [2.75, 3.05) is 18.5 Å². The fourth-order valence-corrected chi connectivity index (χ4v) is 4.36. The highest BCUT2D eigenvalue weighted by molar-refractivity contribution is 8.18. The molecule has 0 N–H and O–H groups in total. The number of fused-ring (bicyclic) bond motifs is 1. The maximum Gasteiger partial charge on any atom is 0.293 e. The molecule has 0 aliphatic carbocycles. The van der Waals surface area contributed by atoms with E-state index in [0.29, 0.717) is 5.56 Å². The minimum Gasteiger partial charge on any atom is -0.362 e. The average Bonchev–Trinajstić information content (AvgIpc) is 2.79. The number of carbonyl (C=O) groups is 2. The summed E-state index contributed by atoms with van der Waals surface area (Å²) in [7, 11) is 1.43. The molecule has 1 saturated heterocycles. The summed E-state index contributed by atoms with van der Waals surface area (Å²) in [5.41, 5.74) is 3.05. The van der Waals surface area contributed by atoms with Crippen LogP contribution in [0.2, 0.25) is 0 Å². The highest BCUT2D eigenvalue weighted by Gasteiger charge is 2.34. The highest BCUT2D eigenvalue weighted by Crippen LogP contribution is 2.41. The third-order valence-electron chi connectivity index (χ3n) is 4.82. The van der Waals surface area contributed by atoms with Crippen LogP contribution in [0.25, 0.3) is 11.6 Å². The zero-order valence-electron chi connectivity index (χ0n) is 15.7. The largest absolute Gasteiger partial charge is 0.362 e. The topological polar surface area (TPSA) is 40.6 Å². The Morgan fingerprint density at radius 3 is 2.54 bits per heavy atom. The monoisotopic (exact) mass is 374 g/mol. The average molecular weight is 374 g/mol. The van der Waals surface area contributed by atoms with Gasteiger partial charge in [-0.1, -0.05) is 13.0 Å². The molecule has 0 spiro atoms. The summed E-state index contributed by atoms with van der Waals surface area (Å²) in [6.45, 7) is 9.20. The van der Waals surface area contributed by atoms with Crippen molar-refractivity contribution in [2.45, 2.75) is 39.7 Å². The SMILES string of the molecule is CCCN1c2cc(F)c(/C=C3\SC(=O)N(C)C3=O)cc2C(C)=CC1(C)C. The number of rotatable bonds is 3. The van der Waals surface area contributed by atoms with E-state index in [-0.39, 0.29) is 15.7 Å². The van der Waals surface area contributed by atoms with Gasteiger partial charge >= 0.3 is 0 Å². The first kappa shape index (κ1) is 18.7. The van der Waals surface area contributed by atoms with Gasteiger partial charge in [0.15, 0.2) is 0 Å². The molecule has 1 aromatic rings. The highest BCUT2D eigenvalue weighted by atomic mass is 32.2. The second-order valence-corrected chi connectivity index (χ2v) is 8.26. The molecule has 138 valence electrons. The predicted molar refractivity (Wildman–Crippen MR) is 106 cm³/mol. The van der Waals surface area contributed by atoms with Crippen molar-refractivity contribution in [3.8, 4) is 0 Å². The Kier molecular flexibility index (Phi) is 4.73. The van der Waals surface area contributed by atoms with Crippen molar-refractivity contribution in [2.24, 2.45) is 0 Å². The molecule has 3 rings (SSSR count). The number of halogens is 1. The lowest BCUT2D eigenvalue weighted by atomic mass is 9.87. The molecule has 0 saturated carbocycles. The van der Waals surface area contributed by atoms with Gasteiger partial charge in [-0.05, 0) is 62.7 Å². The molecule has 2 heterocycles. The first-order chi connectivity index (χ1) is 12.2. The van der Waals surface area contributed by atoms with E-state index < -0.39 is 11.7 Å². The molecule has 0 atom stereocenters. The Hall–Kier alpha value is -2.08. The van der Waals surface area contributed by atoms with Gasteiger partial charge in [0, 0.05) is 30.4 Å². The third-order valence-corrected chi connectivity index (χ3v) is 5.78. The Balaban J connectivity index is 2.09. The number of nitrogens with zero attached hydrogens (tertiary/aromatic N) is 2. The maximum atomic E-state index is 14.8. The fraction of sp³-hybridized carbons (Fsp3) is 0.400. The number of thioether (sulfide) groups is 1. The van der Waals surface area contributed by atoms with Crippen LogP contribution in [0.5, 0.6) is 0 Å². The molecule has 0 unspecified atom stereocenters. The van der Waals surface area contributed by atoms with Crippen LogP contribution in [0.3, 0.4) is 0 Å². The van der Waals surface area contributed by atoms with Gasteiger partial charge in [0.1, 0.15) is 5.82 Å². The molecule has 26 heavy (non-hydrogen) atoms. The third kappa shape index (κ3) is 3.07. The maximum absolute atomic E-state index is 14.8. The van der Waals surface area contributed by atoms with E-state index in [0.717, 1.165) is 46.5 Å². The van der Waals surface area contributed by atoms with E-state index in [1.54, 1.807) is 12.1 Å². The molecule has 0 radical (unpaired) electrons. The van der Waals surface area contributed by atoms with E-state index in [1.165, 1.54) is 13.1 Å². The van der Waals surface area contributed by atoms with Gasteiger partial charge in [-0.2, -0.15) is 0 Å². The number of allylic oxidation sites excluding steroid dienone is 1. The normalized spacial score (nSPS) is 20.7. The van der Waals surface area contributed by atoms with Crippen LogP contribution in [-0.2, 0) is 4.79 Å². The second-order valence-electron chi connectivity index (χ2n) is 7.26. The summed E-state index contributed by atoms with van der Waals surface area (Å²) >= 11 is 0.839. The van der Waals surface area contributed by atoms with Gasteiger partial charge in [-0.25, -0.2) is 4.39 Å². The van der Waals surface area contributed by atoms with Gasteiger partial charge in [-0.3, -0.25) is 14.5 Å². The van der Waals surface area contributed by atoms with Crippen molar-refractivity contribution in [3.63, 3.8) is 0 Å². The molecular weight excluding hydrogens is 351 g/mol. The molecule has 6 heteroatoms. The van der Waals surface area contributed by atoms with E-state index in [2.05, 4.69) is 31.7 Å². The quantitative estimate of drug-likeness (QED) is 0.706. The van der Waals surface area contributed by atoms with Crippen LogP contribution in [-0.4, -0.2) is 35.2 Å². The number of likely N-dealkylation sites (N-methyl/N-ethyl adjacent to an activating group) is 1. The Labute approximate surface area is 157 Å². The minimum absolute atomic E-state index is 0.189. The number of amides is 2. The molecule has 1 fully saturated rings. The number of hydrogen-bond donors (Lipinski definition) is 0. The van der Waals surface area contributed by atoms with Crippen LogP contribution in [0.4, 0.5) is 14.9 Å². The van der Waals surface area contributed by atoms with Crippen molar-refractivity contribution in [3.05, 3.63) is 40.1 Å². The van der Waals surface area contributed by atoms with Crippen molar-refractivity contribution in [1.82, 2.24) is 4.90 Å². The van der Waals surface area contributed by atoms with Gasteiger partial charge in [0.25, 0.3) is 11.1 Å². The Morgan fingerprint density at radius 2 is 1.96 bits per heavy atom. The van der Waals surface area contributed by atoms with Gasteiger partial charge in [-0.15, -0.1) is 0 Å². The summed E-state index contributed by atoms with van der Waals surface area (Å²) in [5.74, 6) is -0.781. The summed E-state index contributed by atoms with van der Waals surface area (Å²) in [6.07, 6.45) is 4.62. The molecule has 2 aliphatic rings. The zero-order chi connectivity index (χ0) is 19.2. The van der Waals surface area contributed by atoms with E-state index in [9.17, 15) is 14.0 Å². The second kappa shape index (κ2) is 6.58. The zero-order valence-corrected chi connectivity index (χ0v) is 16.5. The molecular formula is C20H23FN2O2S. The standard InChI is InChI=1S/C20H23FN2O2S/c1-6-7-23-16-10-15(21)13(8-14(16)12(2)11-20(23,3)4)9-17-18(24)22(5)19(25)26-17/h8-11H,6-7H2,1-5H3/b17-9-. The van der Waals surface area contributed by atoms with Crippen molar-refractivity contribution in [1.29, 1.82) is 0 Å². The van der Waals surface area contributed by atoms with Gasteiger partial charge < -0.3 is 4.90 Å². The van der Waals surface area contributed by atoms with Crippen LogP contribution >= 0.6 is 11.8 Å². The summed E-state index contributed by atoms with van der Waals surface area (Å²) in [4.78, 5) is 27.2. The summed E-state index contributed by atoms with van der Waals surface area (Å²) in [6, 6.07) is 3.32. The Morgan fingerprint density at radius 1 is 1.27 bits per heavy atom. The lowest BCUT2D eigenvalue weighted by Crippen LogP contribution is -2.45. The fourth-order valence-electron chi connectivity index (χ4n) is 3.54. The lowest BCUT2D eigenvalue weighted by molar-refractivity contribution is -0.121. The van der Waals surface area contributed by atoms with Crippen LogP contribution in [0, 0.1) is 5.82 Å². The van der Waals surface area contributed by atoms with E-state index in [4.69, 9.17) is 0 Å². The number of benzene rings is 1. The van der Waals surface area contributed by atoms with Gasteiger partial charge in [0.2, 0.25) is 0 Å². The van der Waals surface area contributed by atoms with Crippen LogP contribution in [0.1, 0.15) is 45.2 Å². The predicted octanol–water partition coefficient (Wildman–Crippen LogP) is 4.90. The molecule has 0 bridgehead atoms. The number of anilines is 1. The van der Waals surface area contributed by atoms with Crippen molar-refractivity contribution >= 4 is 40.2 Å². The smallest absolute Gasteiger partial charge is 0.293 e. The minimum atomic E-state index is -0.391. The molecule has 0 aromatic heterocycles. The number of hydrogen-bond acceptors (Lipinski definition) is 4. The Bertz CT molecular complexity index is 858. The first-order valence-corrected chi connectivity index (χ1v) is 9.50.